The molecule has 1 aromatic rings. The molecule has 3 heteroatoms. The standard InChI is InChI=1S/C17H25N3/c1-13-7-8-15-12-20(10-9-14(15)11-13)17(18)19-16-5-3-2-4-6-16/h7-8,11,16H,2-6,9-10,12H2,1H3,(H2,18,19). The Kier molecular flexibility index (Phi) is 3.95. The van der Waals surface area contributed by atoms with Crippen LogP contribution in [-0.4, -0.2) is 23.4 Å². The molecule has 2 N–H and O–H groups in total. The Morgan fingerprint density at radius 3 is 2.80 bits per heavy atom. The van der Waals surface area contributed by atoms with E-state index in [1.165, 1.54) is 48.8 Å². The van der Waals surface area contributed by atoms with Gasteiger partial charge in [-0.1, -0.05) is 43.0 Å². The molecule has 0 saturated heterocycles. The van der Waals surface area contributed by atoms with E-state index in [9.17, 15) is 0 Å². The van der Waals surface area contributed by atoms with E-state index >= 15 is 0 Å². The van der Waals surface area contributed by atoms with E-state index in [4.69, 9.17) is 10.7 Å². The zero-order chi connectivity index (χ0) is 13.9. The summed E-state index contributed by atoms with van der Waals surface area (Å²) < 4.78 is 0. The lowest BCUT2D eigenvalue weighted by molar-refractivity contribution is 0.377. The van der Waals surface area contributed by atoms with Crippen molar-refractivity contribution in [2.45, 2.75) is 58.0 Å². The highest BCUT2D eigenvalue weighted by atomic mass is 15.3. The molecule has 2 aliphatic rings. The van der Waals surface area contributed by atoms with Crippen molar-refractivity contribution in [1.29, 1.82) is 0 Å². The molecule has 20 heavy (non-hydrogen) atoms. The molecule has 0 spiro atoms. The number of hydrogen-bond donors (Lipinski definition) is 1. The van der Waals surface area contributed by atoms with Crippen LogP contribution >= 0.6 is 0 Å². The van der Waals surface area contributed by atoms with E-state index in [-0.39, 0.29) is 0 Å². The van der Waals surface area contributed by atoms with Gasteiger partial charge in [0.05, 0.1) is 6.04 Å². The molecule has 0 unspecified atom stereocenters. The van der Waals surface area contributed by atoms with E-state index in [0.29, 0.717) is 6.04 Å². The highest BCUT2D eigenvalue weighted by Crippen LogP contribution is 2.22. The molecular weight excluding hydrogens is 246 g/mol. The molecule has 1 saturated carbocycles. The second kappa shape index (κ2) is 5.86. The Labute approximate surface area is 121 Å². The van der Waals surface area contributed by atoms with Crippen LogP contribution in [0.15, 0.2) is 23.2 Å². The van der Waals surface area contributed by atoms with Crippen LogP contribution in [0.3, 0.4) is 0 Å². The number of fused-ring (bicyclic) bond motifs is 1. The summed E-state index contributed by atoms with van der Waals surface area (Å²) >= 11 is 0. The minimum absolute atomic E-state index is 0.461. The summed E-state index contributed by atoms with van der Waals surface area (Å²) in [5.41, 5.74) is 10.5. The monoisotopic (exact) mass is 271 g/mol. The fourth-order valence-corrected chi connectivity index (χ4v) is 3.36. The third kappa shape index (κ3) is 2.97. The van der Waals surface area contributed by atoms with Crippen molar-refractivity contribution >= 4 is 5.96 Å². The van der Waals surface area contributed by atoms with Crippen LogP contribution in [0.2, 0.25) is 0 Å². The van der Waals surface area contributed by atoms with Crippen molar-refractivity contribution in [2.24, 2.45) is 10.7 Å². The number of hydrogen-bond acceptors (Lipinski definition) is 1. The molecule has 1 fully saturated rings. The maximum absolute atomic E-state index is 6.24. The maximum atomic E-state index is 6.24. The van der Waals surface area contributed by atoms with Crippen LogP contribution in [0, 0.1) is 6.92 Å². The van der Waals surface area contributed by atoms with Gasteiger partial charge in [-0.05, 0) is 37.3 Å². The van der Waals surface area contributed by atoms with Gasteiger partial charge >= 0.3 is 0 Å². The van der Waals surface area contributed by atoms with Gasteiger partial charge in [0.2, 0.25) is 0 Å². The third-order valence-electron chi connectivity index (χ3n) is 4.59. The molecule has 0 aromatic heterocycles. The van der Waals surface area contributed by atoms with Gasteiger partial charge in [0.1, 0.15) is 0 Å². The Morgan fingerprint density at radius 1 is 1.20 bits per heavy atom. The van der Waals surface area contributed by atoms with Gasteiger partial charge in [0.15, 0.2) is 5.96 Å². The summed E-state index contributed by atoms with van der Waals surface area (Å²) in [5.74, 6) is 0.753. The van der Waals surface area contributed by atoms with Crippen molar-refractivity contribution in [1.82, 2.24) is 4.90 Å². The predicted octanol–water partition coefficient (Wildman–Crippen LogP) is 3.00. The molecule has 0 bridgehead atoms. The van der Waals surface area contributed by atoms with E-state index in [0.717, 1.165) is 25.5 Å². The minimum atomic E-state index is 0.461. The summed E-state index contributed by atoms with van der Waals surface area (Å²) in [4.78, 5) is 7.01. The number of benzene rings is 1. The highest BCUT2D eigenvalue weighted by molar-refractivity contribution is 5.78. The molecule has 0 amide bonds. The first-order chi connectivity index (χ1) is 9.72. The maximum Gasteiger partial charge on any atom is 0.191 e. The van der Waals surface area contributed by atoms with Gasteiger partial charge in [-0.2, -0.15) is 0 Å². The summed E-state index contributed by atoms with van der Waals surface area (Å²) in [6, 6.07) is 7.20. The number of nitrogens with two attached hydrogens (primary N) is 1. The lowest BCUT2D eigenvalue weighted by Gasteiger charge is -2.31. The Bertz CT molecular complexity index is 501. The first-order valence-corrected chi connectivity index (χ1v) is 7.89. The average molecular weight is 271 g/mol. The zero-order valence-corrected chi connectivity index (χ0v) is 12.4. The Balaban J connectivity index is 1.69. The van der Waals surface area contributed by atoms with Gasteiger partial charge in [-0.25, -0.2) is 4.99 Å². The van der Waals surface area contributed by atoms with Crippen LogP contribution in [0.4, 0.5) is 0 Å². The summed E-state index contributed by atoms with van der Waals surface area (Å²) in [6.07, 6.45) is 7.49. The van der Waals surface area contributed by atoms with Crippen LogP contribution in [-0.2, 0) is 13.0 Å². The quantitative estimate of drug-likeness (QED) is 0.630. The number of guanidine groups is 1. The number of aryl methyl sites for hydroxylation is 1. The third-order valence-corrected chi connectivity index (χ3v) is 4.59. The van der Waals surface area contributed by atoms with Gasteiger partial charge < -0.3 is 10.6 Å². The molecule has 0 atom stereocenters. The lowest BCUT2D eigenvalue weighted by Crippen LogP contribution is -2.41. The second-order valence-electron chi connectivity index (χ2n) is 6.22. The molecule has 108 valence electrons. The number of nitrogens with zero attached hydrogens (tertiary/aromatic N) is 2. The minimum Gasteiger partial charge on any atom is -0.370 e. The van der Waals surface area contributed by atoms with E-state index in [1.807, 2.05) is 0 Å². The fraction of sp³-hybridized carbons (Fsp3) is 0.588. The molecule has 1 aromatic carbocycles. The zero-order valence-electron chi connectivity index (χ0n) is 12.4. The Morgan fingerprint density at radius 2 is 2.00 bits per heavy atom. The molecular formula is C17H25N3. The number of rotatable bonds is 1. The topological polar surface area (TPSA) is 41.6 Å². The van der Waals surface area contributed by atoms with Gasteiger partial charge in [-0.3, -0.25) is 0 Å². The van der Waals surface area contributed by atoms with Crippen molar-refractivity contribution in [3.05, 3.63) is 34.9 Å². The summed E-state index contributed by atoms with van der Waals surface area (Å²) in [7, 11) is 0. The summed E-state index contributed by atoms with van der Waals surface area (Å²) in [6.45, 7) is 4.07. The van der Waals surface area contributed by atoms with Crippen LogP contribution in [0.25, 0.3) is 0 Å². The Hall–Kier alpha value is -1.51. The summed E-state index contributed by atoms with van der Waals surface area (Å²) in [5, 5.41) is 0. The normalized spacial score (nSPS) is 20.9. The number of aliphatic imine (C=N–C) groups is 1. The van der Waals surface area contributed by atoms with Crippen LogP contribution in [0.5, 0.6) is 0 Å². The lowest BCUT2D eigenvalue weighted by atomic mass is 9.96. The fourth-order valence-electron chi connectivity index (χ4n) is 3.36. The largest absolute Gasteiger partial charge is 0.370 e. The molecule has 3 nitrogen and oxygen atoms in total. The van der Waals surface area contributed by atoms with E-state index in [1.54, 1.807) is 0 Å². The molecule has 1 aliphatic carbocycles. The SMILES string of the molecule is Cc1ccc2c(c1)CCN(C(N)=NC1CCCCC1)C2. The first-order valence-electron chi connectivity index (χ1n) is 7.89. The molecule has 1 aliphatic heterocycles. The van der Waals surface area contributed by atoms with Crippen molar-refractivity contribution in [3.63, 3.8) is 0 Å². The van der Waals surface area contributed by atoms with Crippen molar-refractivity contribution in [2.75, 3.05) is 6.54 Å². The second-order valence-corrected chi connectivity index (χ2v) is 6.22. The van der Waals surface area contributed by atoms with Crippen LogP contribution < -0.4 is 5.73 Å². The molecule has 3 rings (SSSR count). The molecule has 0 radical (unpaired) electrons. The highest BCUT2D eigenvalue weighted by Gasteiger charge is 2.19. The first kappa shape index (κ1) is 13.5. The van der Waals surface area contributed by atoms with Gasteiger partial charge in [-0.15, -0.1) is 0 Å². The van der Waals surface area contributed by atoms with Gasteiger partial charge in [0, 0.05) is 13.1 Å². The van der Waals surface area contributed by atoms with Crippen molar-refractivity contribution in [3.8, 4) is 0 Å². The van der Waals surface area contributed by atoms with E-state index < -0.39 is 0 Å². The predicted molar refractivity (Wildman–Crippen MR) is 83.8 cm³/mol. The average Bonchev–Trinajstić information content (AvgIpc) is 2.47. The van der Waals surface area contributed by atoms with E-state index in [2.05, 4.69) is 30.0 Å². The van der Waals surface area contributed by atoms with Gasteiger partial charge in [0.25, 0.3) is 0 Å². The smallest absolute Gasteiger partial charge is 0.191 e. The van der Waals surface area contributed by atoms with Crippen molar-refractivity contribution < 1.29 is 0 Å². The molecule has 1 heterocycles. The van der Waals surface area contributed by atoms with Crippen LogP contribution in [0.1, 0.15) is 48.8 Å².